The van der Waals surface area contributed by atoms with Crippen molar-refractivity contribution >= 4 is 10.1 Å². The first-order chi connectivity index (χ1) is 7.22. The van der Waals surface area contributed by atoms with E-state index in [4.69, 9.17) is 4.55 Å². The maximum Gasteiger partial charge on any atom is 0.272 e. The van der Waals surface area contributed by atoms with E-state index in [1.807, 2.05) is 0 Å². The Bertz CT molecular complexity index is 284. The van der Waals surface area contributed by atoms with E-state index in [2.05, 4.69) is 6.92 Å². The average molecular weight is 254 g/mol. The highest BCUT2D eigenvalue weighted by atomic mass is 32.2. The van der Waals surface area contributed by atoms with Crippen molar-refractivity contribution in [3.63, 3.8) is 0 Å². The summed E-state index contributed by atoms with van der Waals surface area (Å²) in [5.41, 5.74) is 0. The fraction of sp³-hybridized carbons (Fsp3) is 1.00. The second-order valence-electron chi connectivity index (χ2n) is 4.20. The number of aliphatic hydroxyl groups is 2. The molecule has 0 aromatic rings. The van der Waals surface area contributed by atoms with Crippen molar-refractivity contribution < 1.29 is 23.2 Å². The van der Waals surface area contributed by atoms with Crippen molar-refractivity contribution in [1.82, 2.24) is 0 Å². The first-order valence-corrected chi connectivity index (χ1v) is 7.13. The minimum atomic E-state index is -4.41. The van der Waals surface area contributed by atoms with Gasteiger partial charge in [0, 0.05) is 6.42 Å². The van der Waals surface area contributed by atoms with Crippen LogP contribution in [0.5, 0.6) is 0 Å². The predicted molar refractivity (Wildman–Crippen MR) is 61.6 cm³/mol. The Labute approximate surface area is 97.2 Å². The Kier molecular flexibility index (Phi) is 6.47. The second kappa shape index (κ2) is 6.54. The van der Waals surface area contributed by atoms with E-state index < -0.39 is 21.2 Å². The lowest BCUT2D eigenvalue weighted by molar-refractivity contribution is -0.165. The molecular formula is C10H22O5S. The molecule has 3 N–H and O–H groups in total. The third kappa shape index (κ3) is 5.79. The molecule has 0 aliphatic rings. The van der Waals surface area contributed by atoms with E-state index >= 15 is 0 Å². The van der Waals surface area contributed by atoms with Gasteiger partial charge in [0.25, 0.3) is 10.1 Å². The van der Waals surface area contributed by atoms with Crippen LogP contribution in [0, 0.1) is 0 Å². The van der Waals surface area contributed by atoms with E-state index in [0.717, 1.165) is 32.6 Å². The van der Waals surface area contributed by atoms with Gasteiger partial charge >= 0.3 is 0 Å². The normalized spacial score (nSPS) is 15.1. The zero-order valence-corrected chi connectivity index (χ0v) is 10.7. The lowest BCUT2D eigenvalue weighted by Crippen LogP contribution is -2.44. The molecule has 6 heteroatoms. The maximum absolute atomic E-state index is 10.7. The van der Waals surface area contributed by atoms with E-state index in [9.17, 15) is 18.6 Å². The molecule has 0 heterocycles. The lowest BCUT2D eigenvalue weighted by Gasteiger charge is -2.26. The molecule has 0 aliphatic carbocycles. The van der Waals surface area contributed by atoms with Crippen LogP contribution in [0.2, 0.25) is 0 Å². The summed E-state index contributed by atoms with van der Waals surface area (Å²) in [4.78, 5) is 0. The summed E-state index contributed by atoms with van der Waals surface area (Å²) < 4.78 is 30.2. The Hall–Kier alpha value is -0.170. The third-order valence-corrected chi connectivity index (χ3v) is 4.02. The van der Waals surface area contributed by atoms with Gasteiger partial charge in [0.05, 0.1) is 0 Å². The maximum atomic E-state index is 10.7. The summed E-state index contributed by atoms with van der Waals surface area (Å²) in [7, 11) is -4.41. The summed E-state index contributed by atoms with van der Waals surface area (Å²) in [6.45, 7) is 3.16. The van der Waals surface area contributed by atoms with Gasteiger partial charge in [-0.1, -0.05) is 32.6 Å². The largest absolute Gasteiger partial charge is 0.364 e. The minimum absolute atomic E-state index is 0.0440. The summed E-state index contributed by atoms with van der Waals surface area (Å²) in [5.74, 6) is -2.35. The Morgan fingerprint density at radius 1 is 1.12 bits per heavy atom. The molecule has 0 aliphatic heterocycles. The topological polar surface area (TPSA) is 94.8 Å². The summed E-state index contributed by atoms with van der Waals surface area (Å²) in [5, 5.41) is 17.4. The number of rotatable bonds is 8. The van der Waals surface area contributed by atoms with E-state index in [1.165, 1.54) is 0 Å². The molecular weight excluding hydrogens is 232 g/mol. The summed E-state index contributed by atoms with van der Waals surface area (Å²) >= 11 is 0. The van der Waals surface area contributed by atoms with Gasteiger partial charge in [-0.15, -0.1) is 0 Å². The molecule has 1 unspecified atom stereocenters. The molecule has 5 nitrogen and oxygen atoms in total. The molecule has 0 aromatic heterocycles. The van der Waals surface area contributed by atoms with Crippen LogP contribution in [-0.4, -0.2) is 34.2 Å². The molecule has 0 aromatic carbocycles. The molecule has 0 rings (SSSR count). The highest BCUT2D eigenvalue weighted by molar-refractivity contribution is 7.86. The molecule has 0 bridgehead atoms. The molecule has 16 heavy (non-hydrogen) atoms. The SMILES string of the molecule is CCCCCCCC(O)(O)C(C)S(=O)(=O)O. The van der Waals surface area contributed by atoms with Gasteiger partial charge in [0.15, 0.2) is 5.79 Å². The van der Waals surface area contributed by atoms with E-state index in [1.54, 1.807) is 0 Å². The van der Waals surface area contributed by atoms with Gasteiger partial charge in [-0.2, -0.15) is 8.42 Å². The van der Waals surface area contributed by atoms with Gasteiger partial charge in [0.2, 0.25) is 0 Å². The molecule has 0 saturated carbocycles. The molecule has 0 spiro atoms. The predicted octanol–water partition coefficient (Wildman–Crippen LogP) is 1.30. The van der Waals surface area contributed by atoms with E-state index in [-0.39, 0.29) is 6.42 Å². The van der Waals surface area contributed by atoms with Crippen LogP contribution in [0.25, 0.3) is 0 Å². The van der Waals surface area contributed by atoms with Crippen molar-refractivity contribution in [3.8, 4) is 0 Å². The third-order valence-electron chi connectivity index (χ3n) is 2.75. The standard InChI is InChI=1S/C10H22O5S/c1-3-4-5-6-7-8-10(11,12)9(2)16(13,14)15/h9,11-12H,3-8H2,1-2H3,(H,13,14,15). The number of unbranched alkanes of at least 4 members (excludes halogenated alkanes) is 4. The highest BCUT2D eigenvalue weighted by Gasteiger charge is 2.38. The van der Waals surface area contributed by atoms with Gasteiger partial charge < -0.3 is 10.2 Å². The quantitative estimate of drug-likeness (QED) is 0.345. The van der Waals surface area contributed by atoms with Crippen LogP contribution >= 0.6 is 0 Å². The van der Waals surface area contributed by atoms with Crippen LogP contribution in [0.4, 0.5) is 0 Å². The highest BCUT2D eigenvalue weighted by Crippen LogP contribution is 2.21. The fourth-order valence-corrected chi connectivity index (χ4v) is 2.03. The monoisotopic (exact) mass is 254 g/mol. The first kappa shape index (κ1) is 15.8. The average Bonchev–Trinajstić information content (AvgIpc) is 2.15. The summed E-state index contributed by atoms with van der Waals surface area (Å²) in [6, 6.07) is 0. The smallest absolute Gasteiger partial charge is 0.272 e. The van der Waals surface area contributed by atoms with E-state index in [0.29, 0.717) is 6.42 Å². The van der Waals surface area contributed by atoms with Crippen molar-refractivity contribution in [3.05, 3.63) is 0 Å². The zero-order valence-electron chi connectivity index (χ0n) is 9.89. The Morgan fingerprint density at radius 2 is 1.62 bits per heavy atom. The molecule has 0 fully saturated rings. The van der Waals surface area contributed by atoms with Gasteiger partial charge in [-0.25, -0.2) is 0 Å². The van der Waals surface area contributed by atoms with Crippen LogP contribution in [0.3, 0.4) is 0 Å². The van der Waals surface area contributed by atoms with Gasteiger partial charge in [-0.05, 0) is 13.3 Å². The summed E-state index contributed by atoms with van der Waals surface area (Å²) in [6.07, 6.45) is 4.48. The van der Waals surface area contributed by atoms with Gasteiger partial charge in [-0.3, -0.25) is 4.55 Å². The van der Waals surface area contributed by atoms with Crippen LogP contribution in [-0.2, 0) is 10.1 Å². The second-order valence-corrected chi connectivity index (χ2v) is 5.94. The van der Waals surface area contributed by atoms with Crippen molar-refractivity contribution in [2.24, 2.45) is 0 Å². The van der Waals surface area contributed by atoms with Crippen LogP contribution in [0.15, 0.2) is 0 Å². The number of hydrogen-bond acceptors (Lipinski definition) is 4. The molecule has 98 valence electrons. The minimum Gasteiger partial charge on any atom is -0.364 e. The van der Waals surface area contributed by atoms with Crippen molar-refractivity contribution in [1.29, 1.82) is 0 Å². The Balaban J connectivity index is 4.05. The molecule has 1 atom stereocenters. The van der Waals surface area contributed by atoms with Crippen molar-refractivity contribution in [2.45, 2.75) is 63.4 Å². The molecule has 0 saturated heterocycles. The van der Waals surface area contributed by atoms with Crippen molar-refractivity contribution in [2.75, 3.05) is 0 Å². The molecule has 0 amide bonds. The Morgan fingerprint density at radius 3 is 2.06 bits per heavy atom. The van der Waals surface area contributed by atoms with Crippen LogP contribution in [0.1, 0.15) is 52.4 Å². The first-order valence-electron chi connectivity index (χ1n) is 5.63. The zero-order chi connectivity index (χ0) is 12.8. The lowest BCUT2D eigenvalue weighted by atomic mass is 10.0. The fourth-order valence-electron chi connectivity index (χ4n) is 1.43. The molecule has 0 radical (unpaired) electrons. The number of hydrogen-bond donors (Lipinski definition) is 3. The van der Waals surface area contributed by atoms with Gasteiger partial charge in [0.1, 0.15) is 5.25 Å². The van der Waals surface area contributed by atoms with Crippen LogP contribution < -0.4 is 0 Å².